The minimum atomic E-state index is -1.03. The van der Waals surface area contributed by atoms with Gasteiger partial charge in [0.1, 0.15) is 12.4 Å². The Hall–Kier alpha value is -1.77. The summed E-state index contributed by atoms with van der Waals surface area (Å²) in [6.45, 7) is 11.8. The largest absolute Gasteiger partial charge is 0.488 e. The van der Waals surface area contributed by atoms with Crippen molar-refractivity contribution in [1.29, 1.82) is 0 Å². The average Bonchev–Trinajstić information content (AvgIpc) is 2.25. The molecule has 0 unspecified atom stereocenters. The summed E-state index contributed by atoms with van der Waals surface area (Å²) in [6, 6.07) is 5.90. The van der Waals surface area contributed by atoms with Crippen LogP contribution in [0.15, 0.2) is 30.4 Å². The molecule has 1 aromatic rings. The quantitative estimate of drug-likeness (QED) is 0.831. The van der Waals surface area contributed by atoms with Crippen molar-refractivity contribution in [1.82, 2.24) is 0 Å². The molecule has 1 rings (SSSR count). The van der Waals surface area contributed by atoms with E-state index in [0.717, 1.165) is 16.9 Å². The molecule has 0 aliphatic heterocycles. The minimum Gasteiger partial charge on any atom is -0.488 e. The Labute approximate surface area is 108 Å². The summed E-state index contributed by atoms with van der Waals surface area (Å²) in [5, 5.41) is 8.75. The summed E-state index contributed by atoms with van der Waals surface area (Å²) in [5.41, 5.74) is 2.23. The molecule has 0 amide bonds. The number of aryl methyl sites for hydroxylation is 1. The Morgan fingerprint density at radius 3 is 2.50 bits per heavy atom. The molecule has 1 N–H and O–H groups in total. The fourth-order valence-corrected chi connectivity index (χ4v) is 1.58. The zero-order valence-electron chi connectivity index (χ0n) is 11.4. The molecule has 98 valence electrons. The zero-order valence-corrected chi connectivity index (χ0v) is 11.4. The second kappa shape index (κ2) is 5.25. The highest BCUT2D eigenvalue weighted by Gasteiger charge is 2.19. The fourth-order valence-electron chi connectivity index (χ4n) is 1.58. The first kappa shape index (κ1) is 14.3. The molecule has 0 aromatic heterocycles. The number of ether oxygens (including phenoxy) is 1. The number of aliphatic carboxylic acids is 1. The van der Waals surface area contributed by atoms with E-state index in [0.29, 0.717) is 0 Å². The minimum absolute atomic E-state index is 0.00146. The van der Waals surface area contributed by atoms with Crippen molar-refractivity contribution in [3.8, 4) is 5.75 Å². The molecule has 1 aromatic carbocycles. The number of hydrogen-bond donors (Lipinski definition) is 1. The van der Waals surface area contributed by atoms with Crippen molar-refractivity contribution in [3.05, 3.63) is 41.5 Å². The third kappa shape index (κ3) is 3.62. The highest BCUT2D eigenvalue weighted by Crippen LogP contribution is 2.32. The van der Waals surface area contributed by atoms with E-state index in [1.54, 1.807) is 0 Å². The summed E-state index contributed by atoms with van der Waals surface area (Å²) in [4.78, 5) is 10.7. The lowest BCUT2D eigenvalue weighted by Gasteiger charge is -2.23. The molecule has 0 heterocycles. The van der Waals surface area contributed by atoms with E-state index in [1.165, 1.54) is 0 Å². The third-order valence-electron chi connectivity index (χ3n) is 2.65. The van der Waals surface area contributed by atoms with Crippen LogP contribution in [0, 0.1) is 6.92 Å². The van der Waals surface area contributed by atoms with Crippen LogP contribution in [-0.2, 0) is 10.2 Å². The monoisotopic (exact) mass is 248 g/mol. The van der Waals surface area contributed by atoms with Crippen LogP contribution in [0.25, 0.3) is 0 Å². The van der Waals surface area contributed by atoms with Crippen molar-refractivity contribution < 1.29 is 14.6 Å². The van der Waals surface area contributed by atoms with E-state index in [-0.39, 0.29) is 17.6 Å². The lowest BCUT2D eigenvalue weighted by atomic mass is 9.85. The van der Waals surface area contributed by atoms with Crippen LogP contribution in [0.3, 0.4) is 0 Å². The maximum atomic E-state index is 10.7. The number of carboxylic acids is 1. The van der Waals surface area contributed by atoms with Gasteiger partial charge in [-0.2, -0.15) is 0 Å². The lowest BCUT2D eigenvalue weighted by Crippen LogP contribution is -2.16. The van der Waals surface area contributed by atoms with Gasteiger partial charge < -0.3 is 9.84 Å². The molecular formula is C15H20O3. The SMILES string of the molecule is C=C(COc1ccc(C)cc1C(C)(C)C)C(=O)O. The van der Waals surface area contributed by atoms with Crippen LogP contribution in [0.2, 0.25) is 0 Å². The van der Waals surface area contributed by atoms with Crippen molar-refractivity contribution in [3.63, 3.8) is 0 Å². The van der Waals surface area contributed by atoms with Crippen LogP contribution in [-0.4, -0.2) is 17.7 Å². The lowest BCUT2D eigenvalue weighted by molar-refractivity contribution is -0.133. The Balaban J connectivity index is 2.96. The molecule has 0 aliphatic carbocycles. The summed E-state index contributed by atoms with van der Waals surface area (Å²) in [5.74, 6) is -0.310. The van der Waals surface area contributed by atoms with Crippen LogP contribution in [0.4, 0.5) is 0 Å². The number of hydrogen-bond acceptors (Lipinski definition) is 2. The van der Waals surface area contributed by atoms with E-state index in [2.05, 4.69) is 33.4 Å². The van der Waals surface area contributed by atoms with Gasteiger partial charge in [-0.15, -0.1) is 0 Å². The van der Waals surface area contributed by atoms with E-state index in [1.807, 2.05) is 19.1 Å². The second-order valence-electron chi connectivity index (χ2n) is 5.45. The Bertz CT molecular complexity index is 467. The number of rotatable bonds is 4. The zero-order chi connectivity index (χ0) is 13.9. The molecule has 0 radical (unpaired) electrons. The van der Waals surface area contributed by atoms with Gasteiger partial charge in [0.05, 0.1) is 5.57 Å². The second-order valence-corrected chi connectivity index (χ2v) is 5.45. The molecular weight excluding hydrogens is 228 g/mol. The van der Waals surface area contributed by atoms with Gasteiger partial charge in [0, 0.05) is 0 Å². The molecule has 0 saturated carbocycles. The summed E-state index contributed by atoms with van der Waals surface area (Å²) >= 11 is 0. The fraction of sp³-hybridized carbons (Fsp3) is 0.400. The first-order valence-corrected chi connectivity index (χ1v) is 5.87. The predicted octanol–water partition coefficient (Wildman–Crippen LogP) is 3.31. The van der Waals surface area contributed by atoms with Gasteiger partial charge in [-0.05, 0) is 24.0 Å². The molecule has 3 nitrogen and oxygen atoms in total. The Morgan fingerprint density at radius 2 is 2.00 bits per heavy atom. The van der Waals surface area contributed by atoms with Gasteiger partial charge in [-0.25, -0.2) is 4.79 Å². The average molecular weight is 248 g/mol. The van der Waals surface area contributed by atoms with Crippen LogP contribution in [0.1, 0.15) is 31.9 Å². The Kier molecular flexibility index (Phi) is 4.17. The van der Waals surface area contributed by atoms with Crippen molar-refractivity contribution >= 4 is 5.97 Å². The molecule has 3 heteroatoms. The standard InChI is InChI=1S/C15H20O3/c1-10-6-7-13(12(8-10)15(3,4)5)18-9-11(2)14(16)17/h6-8H,2,9H2,1,3-5H3,(H,16,17). The summed E-state index contributed by atoms with van der Waals surface area (Å²) in [7, 11) is 0. The molecule has 0 bridgehead atoms. The maximum absolute atomic E-state index is 10.7. The first-order valence-electron chi connectivity index (χ1n) is 5.87. The molecule has 0 spiro atoms. The van der Waals surface area contributed by atoms with Gasteiger partial charge in [0.25, 0.3) is 0 Å². The predicted molar refractivity (Wildman–Crippen MR) is 72.1 cm³/mol. The maximum Gasteiger partial charge on any atom is 0.334 e. The molecule has 0 atom stereocenters. The van der Waals surface area contributed by atoms with Gasteiger partial charge in [-0.3, -0.25) is 0 Å². The topological polar surface area (TPSA) is 46.5 Å². The molecule has 0 fully saturated rings. The molecule has 0 saturated heterocycles. The van der Waals surface area contributed by atoms with Crippen molar-refractivity contribution in [2.24, 2.45) is 0 Å². The smallest absolute Gasteiger partial charge is 0.334 e. The molecule has 18 heavy (non-hydrogen) atoms. The van der Waals surface area contributed by atoms with E-state index >= 15 is 0 Å². The third-order valence-corrected chi connectivity index (χ3v) is 2.65. The van der Waals surface area contributed by atoms with Crippen molar-refractivity contribution in [2.45, 2.75) is 33.1 Å². The van der Waals surface area contributed by atoms with Gasteiger partial charge in [-0.1, -0.05) is 45.0 Å². The normalized spacial score (nSPS) is 11.1. The van der Waals surface area contributed by atoms with Gasteiger partial charge >= 0.3 is 5.97 Å². The van der Waals surface area contributed by atoms with Crippen LogP contribution in [0.5, 0.6) is 5.75 Å². The Morgan fingerprint density at radius 1 is 1.39 bits per heavy atom. The number of benzene rings is 1. The van der Waals surface area contributed by atoms with E-state index in [4.69, 9.17) is 9.84 Å². The molecule has 0 aliphatic rings. The van der Waals surface area contributed by atoms with E-state index in [9.17, 15) is 4.79 Å². The van der Waals surface area contributed by atoms with Gasteiger partial charge in [0.15, 0.2) is 0 Å². The van der Waals surface area contributed by atoms with Crippen molar-refractivity contribution in [2.75, 3.05) is 6.61 Å². The van der Waals surface area contributed by atoms with Gasteiger partial charge in [0.2, 0.25) is 0 Å². The highest BCUT2D eigenvalue weighted by atomic mass is 16.5. The van der Waals surface area contributed by atoms with Crippen LogP contribution >= 0.6 is 0 Å². The summed E-state index contributed by atoms with van der Waals surface area (Å²) in [6.07, 6.45) is 0. The highest BCUT2D eigenvalue weighted by molar-refractivity contribution is 5.86. The number of carboxylic acid groups (broad SMARTS) is 1. The first-order chi connectivity index (χ1) is 8.21. The van der Waals surface area contributed by atoms with E-state index < -0.39 is 5.97 Å². The number of carbonyl (C=O) groups is 1. The van der Waals surface area contributed by atoms with Crippen LogP contribution < -0.4 is 4.74 Å². The summed E-state index contributed by atoms with van der Waals surface area (Å²) < 4.78 is 5.56.